The van der Waals surface area contributed by atoms with E-state index in [-0.39, 0.29) is 12.3 Å². The normalized spacial score (nSPS) is 10.5. The molecule has 0 aliphatic rings. The van der Waals surface area contributed by atoms with Gasteiger partial charge in [-0.3, -0.25) is 4.79 Å². The molecule has 1 amide bonds. The number of fused-ring (bicyclic) bond motifs is 1. The van der Waals surface area contributed by atoms with Gasteiger partial charge in [-0.2, -0.15) is 0 Å². The molecule has 0 spiro atoms. The molecule has 6 nitrogen and oxygen atoms in total. The topological polar surface area (TPSA) is 77.2 Å². The van der Waals surface area contributed by atoms with E-state index < -0.39 is 0 Å². The van der Waals surface area contributed by atoms with E-state index in [1.807, 2.05) is 24.3 Å². The van der Waals surface area contributed by atoms with Crippen LogP contribution in [0.1, 0.15) is 5.69 Å². The number of aromatic nitrogens is 2. The van der Waals surface area contributed by atoms with E-state index in [2.05, 4.69) is 15.5 Å². The minimum Gasteiger partial charge on any atom is -0.480 e. The Morgan fingerprint density at radius 3 is 3.00 bits per heavy atom. The summed E-state index contributed by atoms with van der Waals surface area (Å²) in [5.74, 6) is 0.163. The maximum Gasteiger partial charge on any atom is 0.237 e. The average molecular weight is 283 g/mol. The summed E-state index contributed by atoms with van der Waals surface area (Å²) >= 11 is 0. The Hall–Kier alpha value is -2.89. The molecular weight excluding hydrogens is 270 g/mol. The van der Waals surface area contributed by atoms with Crippen molar-refractivity contribution in [2.75, 3.05) is 12.4 Å². The van der Waals surface area contributed by atoms with Gasteiger partial charge in [0, 0.05) is 11.6 Å². The Labute approximate surface area is 120 Å². The number of hydrogen-bond acceptors (Lipinski definition) is 5. The number of nitrogens with zero attached hydrogens (tertiary/aromatic N) is 2. The van der Waals surface area contributed by atoms with Crippen molar-refractivity contribution in [2.24, 2.45) is 0 Å². The number of ether oxygens (including phenoxy) is 1. The third kappa shape index (κ3) is 2.69. The number of benzene rings is 1. The van der Waals surface area contributed by atoms with E-state index in [0.717, 1.165) is 5.39 Å². The van der Waals surface area contributed by atoms with Crippen LogP contribution in [0, 0.1) is 0 Å². The number of nitrogens with one attached hydrogen (secondary N) is 1. The Kier molecular flexibility index (Phi) is 3.51. The molecule has 3 aromatic rings. The minimum atomic E-state index is -0.208. The molecule has 1 aromatic carbocycles. The maximum absolute atomic E-state index is 12.1. The number of carbonyl (C=O) groups is 1. The van der Waals surface area contributed by atoms with Crippen molar-refractivity contribution in [3.8, 4) is 5.88 Å². The fourth-order valence-corrected chi connectivity index (χ4v) is 2.06. The van der Waals surface area contributed by atoms with Crippen molar-refractivity contribution < 1.29 is 14.1 Å². The Morgan fingerprint density at radius 1 is 1.29 bits per heavy atom. The molecule has 0 radical (unpaired) electrons. The van der Waals surface area contributed by atoms with Crippen LogP contribution >= 0.6 is 0 Å². The number of rotatable bonds is 4. The van der Waals surface area contributed by atoms with Gasteiger partial charge in [0.2, 0.25) is 11.8 Å². The zero-order valence-electron chi connectivity index (χ0n) is 11.4. The van der Waals surface area contributed by atoms with Gasteiger partial charge in [0.25, 0.3) is 0 Å². The lowest BCUT2D eigenvalue weighted by Gasteiger charge is -2.07. The molecule has 2 heterocycles. The first-order valence-electron chi connectivity index (χ1n) is 6.40. The van der Waals surface area contributed by atoms with Crippen LogP contribution in [0.3, 0.4) is 0 Å². The zero-order valence-corrected chi connectivity index (χ0v) is 11.4. The van der Waals surface area contributed by atoms with E-state index >= 15 is 0 Å². The number of hydrogen-bond donors (Lipinski definition) is 1. The molecule has 0 fully saturated rings. The predicted octanol–water partition coefficient (Wildman–Crippen LogP) is 2.41. The summed E-state index contributed by atoms with van der Waals surface area (Å²) in [4.78, 5) is 16.1. The highest BCUT2D eigenvalue weighted by Gasteiger charge is 2.13. The van der Waals surface area contributed by atoms with Crippen LogP contribution in [0.15, 0.2) is 47.1 Å². The first-order valence-corrected chi connectivity index (χ1v) is 6.40. The van der Waals surface area contributed by atoms with Crippen molar-refractivity contribution >= 4 is 22.6 Å². The van der Waals surface area contributed by atoms with Crippen LogP contribution in [0.4, 0.5) is 5.69 Å². The molecule has 21 heavy (non-hydrogen) atoms. The van der Waals surface area contributed by atoms with E-state index in [9.17, 15) is 4.79 Å². The van der Waals surface area contributed by atoms with Crippen molar-refractivity contribution in [1.29, 1.82) is 0 Å². The molecule has 0 unspecified atom stereocenters. The zero-order chi connectivity index (χ0) is 14.7. The number of para-hydroxylation sites is 1. The van der Waals surface area contributed by atoms with Crippen LogP contribution in [0.25, 0.3) is 11.0 Å². The molecule has 106 valence electrons. The summed E-state index contributed by atoms with van der Waals surface area (Å²) in [7, 11) is 1.50. The second-order valence-corrected chi connectivity index (χ2v) is 4.41. The lowest BCUT2D eigenvalue weighted by Crippen LogP contribution is -2.15. The molecule has 0 atom stereocenters. The van der Waals surface area contributed by atoms with Gasteiger partial charge in [0.05, 0.1) is 13.5 Å². The summed E-state index contributed by atoms with van der Waals surface area (Å²) in [6, 6.07) is 10.9. The van der Waals surface area contributed by atoms with Crippen molar-refractivity contribution in [3.63, 3.8) is 0 Å². The minimum absolute atomic E-state index is 0.120. The quantitative estimate of drug-likeness (QED) is 0.795. The highest BCUT2D eigenvalue weighted by Crippen LogP contribution is 2.21. The fourth-order valence-electron chi connectivity index (χ4n) is 2.06. The van der Waals surface area contributed by atoms with Crippen LogP contribution in [-0.4, -0.2) is 23.2 Å². The number of anilines is 1. The predicted molar refractivity (Wildman–Crippen MR) is 77.1 cm³/mol. The summed E-state index contributed by atoms with van der Waals surface area (Å²) < 4.78 is 10.3. The fraction of sp³-hybridized carbons (Fsp3) is 0.133. The van der Waals surface area contributed by atoms with E-state index in [0.29, 0.717) is 22.8 Å². The van der Waals surface area contributed by atoms with E-state index in [4.69, 9.17) is 9.26 Å². The Bertz CT molecular complexity index is 782. The highest BCUT2D eigenvalue weighted by atomic mass is 16.5. The van der Waals surface area contributed by atoms with Crippen LogP contribution in [-0.2, 0) is 11.2 Å². The first kappa shape index (κ1) is 13.1. The molecule has 0 aliphatic carbocycles. The standard InChI is InChI=1S/C15H13N3O3/c1-20-15-11(6-4-8-16-15)17-14(19)9-12-10-5-2-3-7-13(10)21-18-12/h2-8H,9H2,1H3,(H,17,19). The van der Waals surface area contributed by atoms with Gasteiger partial charge in [-0.15, -0.1) is 0 Å². The summed E-state index contributed by atoms with van der Waals surface area (Å²) in [6.45, 7) is 0. The molecule has 0 bridgehead atoms. The van der Waals surface area contributed by atoms with Gasteiger partial charge < -0.3 is 14.6 Å². The molecule has 0 aliphatic heterocycles. The van der Waals surface area contributed by atoms with Gasteiger partial charge in [-0.25, -0.2) is 4.98 Å². The van der Waals surface area contributed by atoms with Crippen LogP contribution < -0.4 is 10.1 Å². The summed E-state index contributed by atoms with van der Waals surface area (Å²) in [6.07, 6.45) is 1.72. The lowest BCUT2D eigenvalue weighted by molar-refractivity contribution is -0.115. The Balaban J connectivity index is 1.77. The SMILES string of the molecule is COc1ncccc1NC(=O)Cc1noc2ccccc12. The third-order valence-electron chi connectivity index (χ3n) is 3.02. The van der Waals surface area contributed by atoms with Crippen molar-refractivity contribution in [3.05, 3.63) is 48.3 Å². The van der Waals surface area contributed by atoms with Gasteiger partial charge in [-0.05, 0) is 24.3 Å². The van der Waals surface area contributed by atoms with Gasteiger partial charge in [0.15, 0.2) is 5.58 Å². The van der Waals surface area contributed by atoms with Crippen LogP contribution in [0.5, 0.6) is 5.88 Å². The van der Waals surface area contributed by atoms with Crippen LogP contribution in [0.2, 0.25) is 0 Å². The van der Waals surface area contributed by atoms with Gasteiger partial charge >= 0.3 is 0 Å². The molecule has 1 N–H and O–H groups in total. The molecule has 2 aromatic heterocycles. The summed E-state index contributed by atoms with van der Waals surface area (Å²) in [5, 5.41) is 7.53. The smallest absolute Gasteiger partial charge is 0.237 e. The average Bonchev–Trinajstić information content (AvgIpc) is 2.91. The van der Waals surface area contributed by atoms with Gasteiger partial charge in [-0.1, -0.05) is 17.3 Å². The first-order chi connectivity index (χ1) is 10.3. The summed E-state index contributed by atoms with van der Waals surface area (Å²) in [5.41, 5.74) is 1.79. The molecular formula is C15H13N3O3. The second-order valence-electron chi connectivity index (χ2n) is 4.41. The number of pyridine rings is 1. The van der Waals surface area contributed by atoms with Gasteiger partial charge in [0.1, 0.15) is 11.4 Å². The highest BCUT2D eigenvalue weighted by molar-refractivity contribution is 5.95. The largest absolute Gasteiger partial charge is 0.480 e. The number of carbonyl (C=O) groups excluding carboxylic acids is 1. The maximum atomic E-state index is 12.1. The third-order valence-corrected chi connectivity index (χ3v) is 3.02. The lowest BCUT2D eigenvalue weighted by atomic mass is 10.1. The molecule has 0 saturated heterocycles. The Morgan fingerprint density at radius 2 is 2.14 bits per heavy atom. The second kappa shape index (κ2) is 5.62. The van der Waals surface area contributed by atoms with E-state index in [1.165, 1.54) is 7.11 Å². The number of amides is 1. The molecule has 3 rings (SSSR count). The van der Waals surface area contributed by atoms with E-state index in [1.54, 1.807) is 18.3 Å². The monoisotopic (exact) mass is 283 g/mol. The van der Waals surface area contributed by atoms with Crippen molar-refractivity contribution in [2.45, 2.75) is 6.42 Å². The molecule has 0 saturated carbocycles. The van der Waals surface area contributed by atoms with Crippen molar-refractivity contribution in [1.82, 2.24) is 10.1 Å². The number of methoxy groups -OCH3 is 1. The molecule has 6 heteroatoms.